The Labute approximate surface area is 126 Å². The Kier molecular flexibility index (Phi) is 5.76. The smallest absolute Gasteiger partial charge is 0.303 e. The molecule has 1 aromatic rings. The molecule has 0 spiro atoms. The maximum atomic E-state index is 11.0. The van der Waals surface area contributed by atoms with E-state index in [0.29, 0.717) is 0 Å². The molecule has 3 atom stereocenters. The molecule has 0 aliphatic carbocycles. The van der Waals surface area contributed by atoms with E-state index < -0.39 is 5.97 Å². The molecule has 4 nitrogen and oxygen atoms in total. The Morgan fingerprint density at radius 3 is 2.67 bits per heavy atom. The van der Waals surface area contributed by atoms with Crippen LogP contribution in [0.4, 0.5) is 0 Å². The van der Waals surface area contributed by atoms with Crippen LogP contribution in [0.2, 0.25) is 0 Å². The molecule has 1 aliphatic heterocycles. The van der Waals surface area contributed by atoms with Gasteiger partial charge in [0, 0.05) is 19.7 Å². The first kappa shape index (κ1) is 16.0. The number of carboxylic acid groups (broad SMARTS) is 1. The SMILES string of the molecule is CCC1C(OC)C(CC(=O)O)CCN1Cc1ccccc1. The largest absolute Gasteiger partial charge is 0.481 e. The molecule has 3 unspecified atom stereocenters. The van der Waals surface area contributed by atoms with Crippen molar-refractivity contribution < 1.29 is 14.6 Å². The Bertz CT molecular complexity index is 449. The zero-order valence-electron chi connectivity index (χ0n) is 12.9. The Morgan fingerprint density at radius 2 is 2.10 bits per heavy atom. The summed E-state index contributed by atoms with van der Waals surface area (Å²) in [5.41, 5.74) is 1.29. The van der Waals surface area contributed by atoms with Crippen LogP contribution in [0, 0.1) is 5.92 Å². The zero-order chi connectivity index (χ0) is 15.2. The Hall–Kier alpha value is -1.39. The van der Waals surface area contributed by atoms with Crippen molar-refractivity contribution in [3.8, 4) is 0 Å². The van der Waals surface area contributed by atoms with Gasteiger partial charge in [-0.1, -0.05) is 37.3 Å². The number of methoxy groups -OCH3 is 1. The van der Waals surface area contributed by atoms with Crippen LogP contribution in [-0.2, 0) is 16.1 Å². The van der Waals surface area contributed by atoms with Gasteiger partial charge in [0.15, 0.2) is 0 Å². The van der Waals surface area contributed by atoms with Crippen molar-refractivity contribution in [3.05, 3.63) is 35.9 Å². The molecule has 21 heavy (non-hydrogen) atoms. The summed E-state index contributed by atoms with van der Waals surface area (Å²) in [7, 11) is 1.70. The van der Waals surface area contributed by atoms with Crippen molar-refractivity contribution in [1.29, 1.82) is 0 Å². The average Bonchev–Trinajstić information content (AvgIpc) is 2.48. The van der Waals surface area contributed by atoms with Crippen LogP contribution in [0.3, 0.4) is 0 Å². The second kappa shape index (κ2) is 7.57. The lowest BCUT2D eigenvalue weighted by molar-refractivity contribution is -0.141. The molecule has 1 heterocycles. The van der Waals surface area contributed by atoms with Gasteiger partial charge < -0.3 is 9.84 Å². The lowest BCUT2D eigenvalue weighted by atomic mass is 9.84. The van der Waals surface area contributed by atoms with Crippen LogP contribution in [0.25, 0.3) is 0 Å². The number of nitrogens with zero attached hydrogens (tertiary/aromatic N) is 1. The number of aliphatic carboxylic acids is 1. The molecular formula is C17H25NO3. The van der Waals surface area contributed by atoms with E-state index in [1.165, 1.54) is 5.56 Å². The molecule has 1 aromatic carbocycles. The first-order chi connectivity index (χ1) is 10.2. The maximum absolute atomic E-state index is 11.0. The third-order valence-corrected chi connectivity index (χ3v) is 4.46. The summed E-state index contributed by atoms with van der Waals surface area (Å²) in [4.78, 5) is 13.5. The highest BCUT2D eigenvalue weighted by Crippen LogP contribution is 2.31. The lowest BCUT2D eigenvalue weighted by Crippen LogP contribution is -2.52. The highest BCUT2D eigenvalue weighted by atomic mass is 16.5. The fraction of sp³-hybridized carbons (Fsp3) is 0.588. The van der Waals surface area contributed by atoms with Gasteiger partial charge in [-0.05, 0) is 30.9 Å². The molecule has 116 valence electrons. The fourth-order valence-electron chi connectivity index (χ4n) is 3.48. The number of rotatable bonds is 6. The van der Waals surface area contributed by atoms with Gasteiger partial charge in [0.2, 0.25) is 0 Å². The molecule has 0 bridgehead atoms. The van der Waals surface area contributed by atoms with Crippen LogP contribution in [0.5, 0.6) is 0 Å². The van der Waals surface area contributed by atoms with Crippen molar-refractivity contribution in [2.75, 3.05) is 13.7 Å². The minimum absolute atomic E-state index is 0.00330. The van der Waals surface area contributed by atoms with Gasteiger partial charge in [-0.15, -0.1) is 0 Å². The lowest BCUT2D eigenvalue weighted by Gasteiger charge is -2.44. The van der Waals surface area contributed by atoms with Crippen LogP contribution in [-0.4, -0.2) is 41.8 Å². The minimum Gasteiger partial charge on any atom is -0.481 e. The van der Waals surface area contributed by atoms with Crippen LogP contribution in [0.15, 0.2) is 30.3 Å². The van der Waals surface area contributed by atoms with E-state index in [9.17, 15) is 4.79 Å². The molecule has 0 radical (unpaired) electrons. The predicted octanol–water partition coefficient (Wildman–Crippen LogP) is 2.78. The minimum atomic E-state index is -0.728. The summed E-state index contributed by atoms with van der Waals surface area (Å²) in [6, 6.07) is 10.7. The number of hydrogen-bond donors (Lipinski definition) is 1. The zero-order valence-corrected chi connectivity index (χ0v) is 12.9. The molecule has 1 fully saturated rings. The van der Waals surface area contributed by atoms with Crippen LogP contribution >= 0.6 is 0 Å². The molecule has 0 amide bonds. The molecule has 0 saturated carbocycles. The standard InChI is InChI=1S/C17H25NO3/c1-3-15-17(21-2)14(11-16(19)20)9-10-18(15)12-13-7-5-4-6-8-13/h4-8,14-15,17H,3,9-12H2,1-2H3,(H,19,20). The topological polar surface area (TPSA) is 49.8 Å². The van der Waals surface area contributed by atoms with Gasteiger partial charge in [0.05, 0.1) is 12.5 Å². The van der Waals surface area contributed by atoms with Gasteiger partial charge in [-0.3, -0.25) is 9.69 Å². The Morgan fingerprint density at radius 1 is 1.38 bits per heavy atom. The van der Waals surface area contributed by atoms with Crippen molar-refractivity contribution in [2.24, 2.45) is 5.92 Å². The summed E-state index contributed by atoms with van der Waals surface area (Å²) < 4.78 is 5.67. The van der Waals surface area contributed by atoms with Gasteiger partial charge in [-0.2, -0.15) is 0 Å². The predicted molar refractivity (Wildman–Crippen MR) is 82.1 cm³/mol. The van der Waals surface area contributed by atoms with Crippen molar-refractivity contribution >= 4 is 5.97 Å². The molecule has 4 heteroatoms. The van der Waals surface area contributed by atoms with E-state index in [1.807, 2.05) is 6.07 Å². The maximum Gasteiger partial charge on any atom is 0.303 e. The van der Waals surface area contributed by atoms with E-state index >= 15 is 0 Å². The van der Waals surface area contributed by atoms with Gasteiger partial charge in [0.25, 0.3) is 0 Å². The summed E-state index contributed by atoms with van der Waals surface area (Å²) in [6.45, 7) is 3.99. The highest BCUT2D eigenvalue weighted by molar-refractivity contribution is 5.67. The number of likely N-dealkylation sites (tertiary alicyclic amines) is 1. The monoisotopic (exact) mass is 291 g/mol. The number of ether oxygens (including phenoxy) is 1. The second-order valence-electron chi connectivity index (χ2n) is 5.78. The summed E-state index contributed by atoms with van der Waals surface area (Å²) in [6.07, 6.45) is 2.06. The summed E-state index contributed by atoms with van der Waals surface area (Å²) in [5.74, 6) is -0.613. The highest BCUT2D eigenvalue weighted by Gasteiger charge is 2.38. The number of benzene rings is 1. The third-order valence-electron chi connectivity index (χ3n) is 4.46. The quantitative estimate of drug-likeness (QED) is 0.875. The normalized spacial score (nSPS) is 26.7. The van der Waals surface area contributed by atoms with E-state index in [4.69, 9.17) is 9.84 Å². The molecule has 1 saturated heterocycles. The third kappa shape index (κ3) is 4.05. The van der Waals surface area contributed by atoms with Crippen LogP contribution < -0.4 is 0 Å². The van der Waals surface area contributed by atoms with E-state index in [1.54, 1.807) is 7.11 Å². The number of piperidine rings is 1. The number of carbonyl (C=O) groups is 1. The summed E-state index contributed by atoms with van der Waals surface area (Å²) >= 11 is 0. The first-order valence-electron chi connectivity index (χ1n) is 7.68. The van der Waals surface area contributed by atoms with Crippen molar-refractivity contribution in [3.63, 3.8) is 0 Å². The molecule has 1 aliphatic rings. The van der Waals surface area contributed by atoms with Crippen molar-refractivity contribution in [1.82, 2.24) is 4.90 Å². The Balaban J connectivity index is 2.08. The van der Waals surface area contributed by atoms with E-state index in [0.717, 1.165) is 25.9 Å². The number of carboxylic acids is 1. The molecule has 0 aromatic heterocycles. The average molecular weight is 291 g/mol. The second-order valence-corrected chi connectivity index (χ2v) is 5.78. The molecular weight excluding hydrogens is 266 g/mol. The van der Waals surface area contributed by atoms with E-state index in [-0.39, 0.29) is 24.5 Å². The molecule has 1 N–H and O–H groups in total. The first-order valence-corrected chi connectivity index (χ1v) is 7.68. The summed E-state index contributed by atoms with van der Waals surface area (Å²) in [5, 5.41) is 9.07. The molecule has 2 rings (SSSR count). The fourth-order valence-corrected chi connectivity index (χ4v) is 3.48. The van der Waals surface area contributed by atoms with E-state index in [2.05, 4.69) is 36.1 Å². The number of hydrogen-bond acceptors (Lipinski definition) is 3. The van der Waals surface area contributed by atoms with Gasteiger partial charge in [-0.25, -0.2) is 0 Å². The van der Waals surface area contributed by atoms with Gasteiger partial charge >= 0.3 is 5.97 Å². The van der Waals surface area contributed by atoms with Gasteiger partial charge in [0.1, 0.15) is 0 Å². The van der Waals surface area contributed by atoms with Crippen molar-refractivity contribution in [2.45, 2.75) is 44.9 Å². The van der Waals surface area contributed by atoms with Crippen LogP contribution in [0.1, 0.15) is 31.7 Å².